The smallest absolute Gasteiger partial charge is 0.326 e. The van der Waals surface area contributed by atoms with E-state index in [2.05, 4.69) is 42.2 Å². The maximum atomic E-state index is 12.0. The van der Waals surface area contributed by atoms with Crippen molar-refractivity contribution in [1.29, 1.82) is 0 Å². The zero-order chi connectivity index (χ0) is 14.4. The largest absolute Gasteiger partial charge is 0.480 e. The Hall–Kier alpha value is -0.950. The van der Waals surface area contributed by atoms with Crippen molar-refractivity contribution < 1.29 is 14.7 Å². The number of aromatic nitrogens is 1. The Morgan fingerprint density at radius 3 is 2.68 bits per heavy atom. The number of hydrogen-bond acceptors (Lipinski definition) is 3. The topological polar surface area (TPSA) is 79.3 Å². The lowest BCUT2D eigenvalue weighted by molar-refractivity contribution is -0.139. The highest BCUT2D eigenvalue weighted by molar-refractivity contribution is 9.11. The van der Waals surface area contributed by atoms with Gasteiger partial charge in [0.25, 0.3) is 5.91 Å². The number of halogens is 2. The average molecular weight is 394 g/mol. The Labute approximate surface area is 128 Å². The van der Waals surface area contributed by atoms with Crippen LogP contribution in [0, 0.1) is 0 Å². The van der Waals surface area contributed by atoms with Crippen LogP contribution in [0.4, 0.5) is 0 Å². The number of unbranched alkanes of at least 4 members (excludes halogenated alkanes) is 1. The van der Waals surface area contributed by atoms with Crippen molar-refractivity contribution in [2.24, 2.45) is 0 Å². The standard InChI is InChI=1S/C12H14Br2N2O3/c1-2-3-4-9(12(18)19)16-11(17)10-8(14)5-7(13)6-15-10/h5-6,9H,2-4H2,1H3,(H,16,17)(H,18,19). The van der Waals surface area contributed by atoms with Crippen LogP contribution in [-0.2, 0) is 4.79 Å². The van der Waals surface area contributed by atoms with Crippen molar-refractivity contribution in [3.8, 4) is 0 Å². The third kappa shape index (κ3) is 4.91. The molecule has 0 aromatic carbocycles. The van der Waals surface area contributed by atoms with E-state index in [1.165, 1.54) is 6.20 Å². The van der Waals surface area contributed by atoms with Gasteiger partial charge >= 0.3 is 5.97 Å². The molecule has 0 fully saturated rings. The van der Waals surface area contributed by atoms with Crippen LogP contribution in [0.15, 0.2) is 21.2 Å². The zero-order valence-electron chi connectivity index (χ0n) is 10.3. The van der Waals surface area contributed by atoms with Crippen LogP contribution >= 0.6 is 31.9 Å². The number of pyridine rings is 1. The highest BCUT2D eigenvalue weighted by Crippen LogP contribution is 2.19. The van der Waals surface area contributed by atoms with Crippen LogP contribution in [0.2, 0.25) is 0 Å². The highest BCUT2D eigenvalue weighted by Gasteiger charge is 2.21. The molecule has 0 aliphatic carbocycles. The summed E-state index contributed by atoms with van der Waals surface area (Å²) < 4.78 is 1.25. The fourth-order valence-electron chi connectivity index (χ4n) is 1.47. The van der Waals surface area contributed by atoms with Gasteiger partial charge in [-0.05, 0) is 44.3 Å². The van der Waals surface area contributed by atoms with Crippen molar-refractivity contribution in [2.75, 3.05) is 0 Å². The van der Waals surface area contributed by atoms with Gasteiger partial charge in [-0.2, -0.15) is 0 Å². The first-order chi connectivity index (χ1) is 8.95. The molecule has 1 unspecified atom stereocenters. The number of carbonyl (C=O) groups excluding carboxylic acids is 1. The van der Waals surface area contributed by atoms with Crippen molar-refractivity contribution in [3.63, 3.8) is 0 Å². The van der Waals surface area contributed by atoms with Gasteiger partial charge in [0.15, 0.2) is 0 Å². The lowest BCUT2D eigenvalue weighted by atomic mass is 10.1. The van der Waals surface area contributed by atoms with E-state index >= 15 is 0 Å². The fourth-order valence-corrected chi connectivity index (χ4v) is 2.64. The SMILES string of the molecule is CCCCC(NC(=O)c1ncc(Br)cc1Br)C(=O)O. The summed E-state index contributed by atoms with van der Waals surface area (Å²) in [7, 11) is 0. The summed E-state index contributed by atoms with van der Waals surface area (Å²) in [5.41, 5.74) is 0.172. The van der Waals surface area contributed by atoms with Gasteiger partial charge in [0.2, 0.25) is 0 Å². The predicted octanol–water partition coefficient (Wildman–Crippen LogP) is 2.98. The number of nitrogens with zero attached hydrogens (tertiary/aromatic N) is 1. The molecule has 0 aliphatic rings. The first-order valence-corrected chi connectivity index (χ1v) is 7.39. The number of carboxylic acids is 1. The molecule has 0 bridgehead atoms. The molecule has 0 aliphatic heterocycles. The predicted molar refractivity (Wildman–Crippen MR) is 78.1 cm³/mol. The molecule has 19 heavy (non-hydrogen) atoms. The van der Waals surface area contributed by atoms with Crippen molar-refractivity contribution in [2.45, 2.75) is 32.2 Å². The Morgan fingerprint density at radius 1 is 1.47 bits per heavy atom. The maximum absolute atomic E-state index is 12.0. The summed E-state index contributed by atoms with van der Waals surface area (Å²) in [5.74, 6) is -1.53. The van der Waals surface area contributed by atoms with Crippen molar-refractivity contribution >= 4 is 43.7 Å². The Morgan fingerprint density at radius 2 is 2.16 bits per heavy atom. The van der Waals surface area contributed by atoms with Crippen LogP contribution < -0.4 is 5.32 Å². The summed E-state index contributed by atoms with van der Waals surface area (Å²) >= 11 is 6.46. The minimum absolute atomic E-state index is 0.172. The zero-order valence-corrected chi connectivity index (χ0v) is 13.5. The first-order valence-electron chi connectivity index (χ1n) is 5.80. The molecule has 1 heterocycles. The number of carboxylic acid groups (broad SMARTS) is 1. The summed E-state index contributed by atoms with van der Waals surface area (Å²) in [6.07, 6.45) is 3.51. The number of aliphatic carboxylic acids is 1. The summed E-state index contributed by atoms with van der Waals surface area (Å²) in [6.45, 7) is 1.97. The molecule has 2 N–H and O–H groups in total. The summed E-state index contributed by atoms with van der Waals surface area (Å²) in [5, 5.41) is 11.5. The second-order valence-electron chi connectivity index (χ2n) is 3.99. The minimum Gasteiger partial charge on any atom is -0.480 e. The third-order valence-corrected chi connectivity index (χ3v) is 3.51. The Kier molecular flexibility index (Phi) is 6.44. The van der Waals surface area contributed by atoms with E-state index in [0.717, 1.165) is 17.3 Å². The van der Waals surface area contributed by atoms with E-state index in [9.17, 15) is 9.59 Å². The number of rotatable bonds is 6. The second kappa shape index (κ2) is 7.59. The average Bonchev–Trinajstić information content (AvgIpc) is 2.33. The lowest BCUT2D eigenvalue weighted by Crippen LogP contribution is -2.41. The number of carbonyl (C=O) groups is 2. The van der Waals surface area contributed by atoms with Crippen LogP contribution in [0.1, 0.15) is 36.7 Å². The molecule has 0 spiro atoms. The fraction of sp³-hybridized carbons (Fsp3) is 0.417. The molecule has 1 atom stereocenters. The van der Waals surface area contributed by atoms with E-state index in [0.29, 0.717) is 10.9 Å². The van der Waals surface area contributed by atoms with E-state index in [4.69, 9.17) is 5.11 Å². The molecule has 5 nitrogen and oxygen atoms in total. The molecule has 104 valence electrons. The van der Waals surface area contributed by atoms with Gasteiger partial charge in [-0.3, -0.25) is 4.79 Å². The van der Waals surface area contributed by atoms with Crippen LogP contribution in [0.5, 0.6) is 0 Å². The molecule has 0 radical (unpaired) electrons. The minimum atomic E-state index is -1.03. The molecule has 1 rings (SSSR count). The van der Waals surface area contributed by atoms with Gasteiger partial charge in [-0.15, -0.1) is 0 Å². The normalized spacial score (nSPS) is 11.9. The van der Waals surface area contributed by atoms with E-state index < -0.39 is 17.9 Å². The molecular formula is C12H14Br2N2O3. The second-order valence-corrected chi connectivity index (χ2v) is 5.76. The monoisotopic (exact) mass is 392 g/mol. The van der Waals surface area contributed by atoms with Crippen molar-refractivity contribution in [3.05, 3.63) is 26.9 Å². The number of hydrogen-bond donors (Lipinski definition) is 2. The van der Waals surface area contributed by atoms with Crippen LogP contribution in [0.25, 0.3) is 0 Å². The van der Waals surface area contributed by atoms with E-state index in [-0.39, 0.29) is 5.69 Å². The van der Waals surface area contributed by atoms with E-state index in [1.54, 1.807) is 6.07 Å². The van der Waals surface area contributed by atoms with Crippen LogP contribution in [0.3, 0.4) is 0 Å². The van der Waals surface area contributed by atoms with Crippen molar-refractivity contribution in [1.82, 2.24) is 10.3 Å². The number of nitrogens with one attached hydrogen (secondary N) is 1. The summed E-state index contributed by atoms with van der Waals surface area (Å²) in [4.78, 5) is 27.0. The molecular weight excluding hydrogens is 380 g/mol. The van der Waals surface area contributed by atoms with Gasteiger partial charge in [-0.25, -0.2) is 9.78 Å². The van der Waals surface area contributed by atoms with Crippen LogP contribution in [-0.4, -0.2) is 28.0 Å². The summed E-state index contributed by atoms with van der Waals surface area (Å²) in [6, 6.07) is 0.800. The van der Waals surface area contributed by atoms with Gasteiger partial charge in [0.05, 0.1) is 4.47 Å². The number of amides is 1. The molecule has 0 saturated heterocycles. The molecule has 0 saturated carbocycles. The maximum Gasteiger partial charge on any atom is 0.326 e. The molecule has 1 aromatic rings. The Bertz CT molecular complexity index is 480. The third-order valence-electron chi connectivity index (χ3n) is 2.47. The molecule has 7 heteroatoms. The quantitative estimate of drug-likeness (QED) is 0.778. The van der Waals surface area contributed by atoms with Gasteiger partial charge in [-0.1, -0.05) is 19.8 Å². The lowest BCUT2D eigenvalue weighted by Gasteiger charge is -2.14. The Balaban J connectivity index is 2.78. The van der Waals surface area contributed by atoms with Gasteiger partial charge < -0.3 is 10.4 Å². The molecule has 1 amide bonds. The highest BCUT2D eigenvalue weighted by atomic mass is 79.9. The molecule has 1 aromatic heterocycles. The van der Waals surface area contributed by atoms with Gasteiger partial charge in [0.1, 0.15) is 11.7 Å². The van der Waals surface area contributed by atoms with Gasteiger partial charge in [0, 0.05) is 10.7 Å². The van der Waals surface area contributed by atoms with E-state index in [1.807, 2.05) is 6.92 Å². The first kappa shape index (κ1) is 16.1.